The number of nitrogens with one attached hydrogen (secondary N) is 1. The fourth-order valence-corrected chi connectivity index (χ4v) is 3.44. The molecule has 1 rings (SSSR count). The summed E-state index contributed by atoms with van der Waals surface area (Å²) in [7, 11) is 0. The first-order valence-electron chi connectivity index (χ1n) is 7.04. The van der Waals surface area contributed by atoms with Crippen LogP contribution in [0, 0.1) is 13.8 Å². The van der Waals surface area contributed by atoms with Gasteiger partial charge in [0.2, 0.25) is 0 Å². The first kappa shape index (κ1) is 15.6. The van der Waals surface area contributed by atoms with E-state index in [0.29, 0.717) is 6.04 Å². The van der Waals surface area contributed by atoms with Crippen LogP contribution in [0.2, 0.25) is 0 Å². The molecular formula is C16H27NS. The topological polar surface area (TPSA) is 12.0 Å². The van der Waals surface area contributed by atoms with Crippen molar-refractivity contribution in [2.45, 2.75) is 52.3 Å². The van der Waals surface area contributed by atoms with Crippen LogP contribution in [0.3, 0.4) is 0 Å². The molecule has 1 atom stereocenters. The Bertz CT molecular complexity index is 323. The Balaban J connectivity index is 2.39. The Morgan fingerprint density at radius 2 is 1.78 bits per heavy atom. The minimum Gasteiger partial charge on any atom is -0.313 e. The molecule has 0 aliphatic carbocycles. The van der Waals surface area contributed by atoms with E-state index in [2.05, 4.69) is 51.2 Å². The minimum absolute atomic E-state index is 0.677. The van der Waals surface area contributed by atoms with Gasteiger partial charge in [0.1, 0.15) is 0 Å². The number of thioether (sulfide) groups is 1. The average molecular weight is 265 g/mol. The van der Waals surface area contributed by atoms with Crippen molar-refractivity contribution in [3.05, 3.63) is 34.9 Å². The van der Waals surface area contributed by atoms with Gasteiger partial charge in [-0.2, -0.15) is 11.8 Å². The molecule has 0 heterocycles. The molecule has 0 aliphatic rings. The smallest absolute Gasteiger partial charge is 0.0185 e. The van der Waals surface area contributed by atoms with Crippen molar-refractivity contribution in [3.8, 4) is 0 Å². The van der Waals surface area contributed by atoms with E-state index < -0.39 is 0 Å². The van der Waals surface area contributed by atoms with Gasteiger partial charge in [0.25, 0.3) is 0 Å². The predicted molar refractivity (Wildman–Crippen MR) is 84.5 cm³/mol. The zero-order valence-electron chi connectivity index (χ0n) is 12.3. The largest absolute Gasteiger partial charge is 0.313 e. The van der Waals surface area contributed by atoms with Crippen LogP contribution < -0.4 is 5.32 Å². The van der Waals surface area contributed by atoms with Gasteiger partial charge in [0, 0.05) is 17.5 Å². The van der Waals surface area contributed by atoms with E-state index >= 15 is 0 Å². The summed E-state index contributed by atoms with van der Waals surface area (Å²) in [5, 5.41) is 3.57. The summed E-state index contributed by atoms with van der Waals surface area (Å²) in [6, 6.07) is 7.53. The van der Waals surface area contributed by atoms with E-state index in [4.69, 9.17) is 0 Å². The molecule has 1 unspecified atom stereocenters. The Morgan fingerprint density at radius 1 is 1.11 bits per heavy atom. The van der Waals surface area contributed by atoms with Crippen LogP contribution in [-0.2, 0) is 5.75 Å². The summed E-state index contributed by atoms with van der Waals surface area (Å²) in [5.74, 6) is 2.35. The molecule has 102 valence electrons. The lowest BCUT2D eigenvalue weighted by atomic mass is 10.1. The monoisotopic (exact) mass is 265 g/mol. The zero-order chi connectivity index (χ0) is 13.4. The van der Waals surface area contributed by atoms with Crippen LogP contribution in [-0.4, -0.2) is 18.3 Å². The molecule has 0 fully saturated rings. The van der Waals surface area contributed by atoms with Gasteiger partial charge in [-0.1, -0.05) is 49.6 Å². The lowest BCUT2D eigenvalue weighted by Gasteiger charge is -2.16. The summed E-state index contributed by atoms with van der Waals surface area (Å²) in [6.07, 6.45) is 2.55. The molecule has 0 saturated heterocycles. The third-order valence-electron chi connectivity index (χ3n) is 3.00. The standard InChI is InChI=1S/C16H27NS/c1-5-7-16(17-6-2)12-18-11-15-9-13(3)8-14(4)10-15/h8-10,16-17H,5-7,11-12H2,1-4H3. The summed E-state index contributed by atoms with van der Waals surface area (Å²) in [5.41, 5.74) is 4.22. The summed E-state index contributed by atoms with van der Waals surface area (Å²) in [4.78, 5) is 0. The van der Waals surface area contributed by atoms with Crippen LogP contribution in [0.15, 0.2) is 18.2 Å². The maximum atomic E-state index is 3.57. The molecule has 0 radical (unpaired) electrons. The Hall–Kier alpha value is -0.470. The molecule has 1 aromatic carbocycles. The normalized spacial score (nSPS) is 12.7. The second-order valence-electron chi connectivity index (χ2n) is 5.05. The van der Waals surface area contributed by atoms with Crippen molar-refractivity contribution < 1.29 is 0 Å². The van der Waals surface area contributed by atoms with E-state index in [1.54, 1.807) is 0 Å². The van der Waals surface area contributed by atoms with E-state index in [1.165, 1.54) is 35.3 Å². The molecule has 1 nitrogen and oxygen atoms in total. The van der Waals surface area contributed by atoms with Gasteiger partial charge in [0.15, 0.2) is 0 Å². The molecule has 0 aliphatic heterocycles. The Morgan fingerprint density at radius 3 is 2.33 bits per heavy atom. The number of rotatable bonds is 8. The molecule has 0 aromatic heterocycles. The van der Waals surface area contributed by atoms with Crippen LogP contribution >= 0.6 is 11.8 Å². The van der Waals surface area contributed by atoms with Crippen LogP contribution in [0.5, 0.6) is 0 Å². The predicted octanol–water partition coefficient (Wildman–Crippen LogP) is 4.31. The van der Waals surface area contributed by atoms with Crippen molar-refractivity contribution in [2.24, 2.45) is 0 Å². The molecular weight excluding hydrogens is 238 g/mol. The molecule has 1 aromatic rings. The Labute approximate surface area is 117 Å². The lowest BCUT2D eigenvalue weighted by molar-refractivity contribution is 0.531. The molecule has 18 heavy (non-hydrogen) atoms. The van der Waals surface area contributed by atoms with Crippen molar-refractivity contribution in [1.82, 2.24) is 5.32 Å². The van der Waals surface area contributed by atoms with Gasteiger partial charge in [-0.05, 0) is 32.4 Å². The molecule has 0 saturated carbocycles. The summed E-state index contributed by atoms with van der Waals surface area (Å²) >= 11 is 2.05. The number of benzene rings is 1. The first-order valence-corrected chi connectivity index (χ1v) is 8.19. The number of hydrogen-bond acceptors (Lipinski definition) is 2. The van der Waals surface area contributed by atoms with Crippen molar-refractivity contribution in [3.63, 3.8) is 0 Å². The van der Waals surface area contributed by atoms with Gasteiger partial charge < -0.3 is 5.32 Å². The first-order chi connectivity index (χ1) is 8.65. The zero-order valence-corrected chi connectivity index (χ0v) is 13.1. The number of hydrogen-bond donors (Lipinski definition) is 1. The van der Waals surface area contributed by atoms with Crippen molar-refractivity contribution >= 4 is 11.8 Å². The second kappa shape index (κ2) is 8.60. The average Bonchev–Trinajstić information content (AvgIpc) is 2.28. The molecule has 2 heteroatoms. The van der Waals surface area contributed by atoms with Crippen LogP contribution in [0.25, 0.3) is 0 Å². The summed E-state index contributed by atoms with van der Waals surface area (Å²) < 4.78 is 0. The highest BCUT2D eigenvalue weighted by molar-refractivity contribution is 7.98. The van der Waals surface area contributed by atoms with Gasteiger partial charge in [-0.25, -0.2) is 0 Å². The highest BCUT2D eigenvalue weighted by Crippen LogP contribution is 2.17. The summed E-state index contributed by atoms with van der Waals surface area (Å²) in [6.45, 7) is 9.89. The molecule has 0 bridgehead atoms. The Kier molecular flexibility index (Phi) is 7.45. The highest BCUT2D eigenvalue weighted by Gasteiger charge is 2.06. The van der Waals surface area contributed by atoms with Crippen molar-refractivity contribution in [2.75, 3.05) is 12.3 Å². The fourth-order valence-electron chi connectivity index (χ4n) is 2.35. The third kappa shape index (κ3) is 5.92. The van der Waals surface area contributed by atoms with E-state index in [9.17, 15) is 0 Å². The van der Waals surface area contributed by atoms with Crippen molar-refractivity contribution in [1.29, 1.82) is 0 Å². The van der Waals surface area contributed by atoms with E-state index in [0.717, 1.165) is 12.3 Å². The minimum atomic E-state index is 0.677. The van der Waals surface area contributed by atoms with Gasteiger partial charge in [0.05, 0.1) is 0 Å². The van der Waals surface area contributed by atoms with Gasteiger partial charge in [-0.15, -0.1) is 0 Å². The molecule has 0 spiro atoms. The van der Waals surface area contributed by atoms with Crippen LogP contribution in [0.1, 0.15) is 43.4 Å². The van der Waals surface area contributed by atoms with Gasteiger partial charge >= 0.3 is 0 Å². The molecule has 1 N–H and O–H groups in total. The molecule has 0 amide bonds. The number of aryl methyl sites for hydroxylation is 2. The lowest BCUT2D eigenvalue weighted by Crippen LogP contribution is -2.30. The van der Waals surface area contributed by atoms with E-state index in [-0.39, 0.29) is 0 Å². The third-order valence-corrected chi connectivity index (χ3v) is 4.17. The maximum absolute atomic E-state index is 3.57. The van der Waals surface area contributed by atoms with Gasteiger partial charge in [-0.3, -0.25) is 0 Å². The van der Waals surface area contributed by atoms with E-state index in [1.807, 2.05) is 11.8 Å². The van der Waals surface area contributed by atoms with Crippen LogP contribution in [0.4, 0.5) is 0 Å². The SMILES string of the molecule is CCCC(CSCc1cc(C)cc(C)c1)NCC. The quantitative estimate of drug-likeness (QED) is 0.751. The fraction of sp³-hybridized carbons (Fsp3) is 0.625. The second-order valence-corrected chi connectivity index (χ2v) is 6.08. The maximum Gasteiger partial charge on any atom is 0.0185 e. The highest BCUT2D eigenvalue weighted by atomic mass is 32.2.